The average molecular weight is 599 g/mol. The first-order valence-corrected chi connectivity index (χ1v) is 16.3. The number of benzene rings is 3. The van der Waals surface area contributed by atoms with Crippen LogP contribution in [0.5, 0.6) is 34.5 Å². The Labute approximate surface area is 229 Å². The molecule has 2 N–H and O–H groups in total. The van der Waals surface area contributed by atoms with Gasteiger partial charge in [0, 0.05) is 11.6 Å². The third kappa shape index (κ3) is 6.40. The van der Waals surface area contributed by atoms with Crippen molar-refractivity contribution in [2.24, 2.45) is 4.52 Å². The molecule has 210 valence electrons. The fourth-order valence-electron chi connectivity index (χ4n) is 3.50. The molecule has 0 fully saturated rings. The van der Waals surface area contributed by atoms with Crippen LogP contribution in [0.3, 0.4) is 0 Å². The van der Waals surface area contributed by atoms with E-state index in [1.54, 1.807) is 69.9 Å². The van der Waals surface area contributed by atoms with Crippen LogP contribution in [-0.2, 0) is 13.6 Å². The Morgan fingerprint density at radius 3 is 1.51 bits per heavy atom. The molecule has 0 bridgehead atoms. The van der Waals surface area contributed by atoms with Crippen LogP contribution in [0.2, 0.25) is 0 Å². The highest BCUT2D eigenvalue weighted by atomic mass is 31.3. The molecule has 0 radical (unpaired) electrons. The highest BCUT2D eigenvalue weighted by Crippen LogP contribution is 2.80. The molecule has 1 aliphatic heterocycles. The van der Waals surface area contributed by atoms with Crippen molar-refractivity contribution in [3.8, 4) is 34.5 Å². The second-order valence-corrected chi connectivity index (χ2v) is 14.8. The van der Waals surface area contributed by atoms with Gasteiger partial charge < -0.3 is 23.3 Å². The molecule has 4 rings (SSSR count). The topological polar surface area (TPSA) is 119 Å². The minimum Gasteiger partial charge on any atom is -0.493 e. The Bertz CT molecular complexity index is 1330. The summed E-state index contributed by atoms with van der Waals surface area (Å²) in [6, 6.07) is 21.4. The molecule has 3 aromatic carbocycles. The van der Waals surface area contributed by atoms with Crippen LogP contribution in [0.25, 0.3) is 0 Å². The maximum Gasteiger partial charge on any atom is 0.571 e. The van der Waals surface area contributed by atoms with E-state index in [9.17, 15) is 0 Å². The smallest absolute Gasteiger partial charge is 0.493 e. The number of para-hydroxylation sites is 6. The first kappa shape index (κ1) is 29.3. The van der Waals surface area contributed by atoms with Crippen LogP contribution in [0, 0.1) is 0 Å². The van der Waals surface area contributed by atoms with Gasteiger partial charge in [-0.05, 0) is 41.3 Å². The number of ether oxygens (including phenoxy) is 3. The van der Waals surface area contributed by atoms with E-state index in [2.05, 4.69) is 9.72 Å². The summed E-state index contributed by atoms with van der Waals surface area (Å²) in [6.45, 7) is 0. The van der Waals surface area contributed by atoms with Gasteiger partial charge in [-0.3, -0.25) is 9.05 Å². The largest absolute Gasteiger partial charge is 0.571 e. The van der Waals surface area contributed by atoms with Gasteiger partial charge in [-0.1, -0.05) is 36.4 Å². The molecule has 0 spiro atoms. The molecule has 0 amide bonds. The maximum absolute atomic E-state index is 6.47. The van der Waals surface area contributed by atoms with Crippen molar-refractivity contribution in [3.63, 3.8) is 0 Å². The van der Waals surface area contributed by atoms with E-state index in [1.807, 2.05) is 24.3 Å². The predicted octanol–water partition coefficient (Wildman–Crippen LogP) is 6.68. The number of hydrogen-bond donors (Lipinski definition) is 2. The van der Waals surface area contributed by atoms with E-state index in [-0.39, 0.29) is 0 Å². The molecule has 39 heavy (non-hydrogen) atoms. The quantitative estimate of drug-likeness (QED) is 0.217. The number of rotatable bonds is 12. The van der Waals surface area contributed by atoms with Gasteiger partial charge in [-0.25, -0.2) is 0 Å². The Morgan fingerprint density at radius 1 is 0.590 bits per heavy atom. The normalized spacial score (nSPS) is 24.3. The third-order valence-electron chi connectivity index (χ3n) is 5.38. The fraction of sp³-hybridized carbons (Fsp3) is 0.250. The highest BCUT2D eigenvalue weighted by Gasteiger charge is 2.72. The van der Waals surface area contributed by atoms with Gasteiger partial charge in [0.25, 0.3) is 0 Å². The molecular formula is C24H32N3O9P3+2. The van der Waals surface area contributed by atoms with Gasteiger partial charge in [-0.2, -0.15) is 9.05 Å². The first-order chi connectivity index (χ1) is 18.9. The summed E-state index contributed by atoms with van der Waals surface area (Å²) in [5, 5.41) is 0. The monoisotopic (exact) mass is 599 g/mol. The van der Waals surface area contributed by atoms with Crippen LogP contribution in [-0.4, -0.2) is 42.7 Å². The van der Waals surface area contributed by atoms with Crippen LogP contribution in [0.15, 0.2) is 77.3 Å². The van der Waals surface area contributed by atoms with E-state index in [1.165, 1.54) is 21.3 Å². The Balaban J connectivity index is 1.88. The molecule has 3 aromatic rings. The zero-order chi connectivity index (χ0) is 27.9. The maximum atomic E-state index is 6.47. The molecule has 15 heteroatoms. The molecular weight excluding hydrogens is 567 g/mol. The van der Waals surface area contributed by atoms with Crippen molar-refractivity contribution in [2.45, 2.75) is 0 Å². The van der Waals surface area contributed by atoms with Crippen LogP contribution < -0.4 is 37.5 Å². The summed E-state index contributed by atoms with van der Waals surface area (Å²) in [4.78, 5) is 6.53. The van der Waals surface area contributed by atoms with Crippen molar-refractivity contribution >= 4 is 23.7 Å². The van der Waals surface area contributed by atoms with Gasteiger partial charge in [0.2, 0.25) is 11.5 Å². The molecule has 3 atom stereocenters. The average Bonchev–Trinajstić information content (AvgIpc) is 2.98. The van der Waals surface area contributed by atoms with E-state index >= 15 is 0 Å². The highest BCUT2D eigenvalue weighted by molar-refractivity contribution is 7.88. The molecule has 0 saturated heterocycles. The van der Waals surface area contributed by atoms with Crippen molar-refractivity contribution in [3.05, 3.63) is 72.8 Å². The molecule has 3 unspecified atom stereocenters. The standard InChI is InChI=1S/C24H32N3O9P3/c1-28-19-13-7-10-16-22(19)34-37(31-4)25-38(32-5,35-23-17-11-8-14-20(23)29-2)27-39(26-37,33-6)36-24-18-12-9-15-21(24)30-3/h7-18,25-26H,1-6H3/q+2. The number of nitrogens with zero attached hydrogens (tertiary/aromatic N) is 1. The van der Waals surface area contributed by atoms with Crippen molar-refractivity contribution in [2.75, 3.05) is 42.7 Å². The summed E-state index contributed by atoms with van der Waals surface area (Å²) in [7, 11) is -1.30. The lowest BCUT2D eigenvalue weighted by Gasteiger charge is -2.33. The summed E-state index contributed by atoms with van der Waals surface area (Å²) in [5.74, 6) is 2.60. The van der Waals surface area contributed by atoms with Crippen molar-refractivity contribution < 1.29 is 41.4 Å². The van der Waals surface area contributed by atoms with Gasteiger partial charge in [0.1, 0.15) is 0 Å². The zero-order valence-electron chi connectivity index (χ0n) is 22.4. The SMILES string of the molecule is COc1ccccc1OP1(OC)=N[P+](OC)(Oc2ccccc2OC)N[P+](OC)(Oc2ccccc2OC)N1. The van der Waals surface area contributed by atoms with Crippen LogP contribution >= 0.6 is 23.7 Å². The molecule has 1 aliphatic rings. The number of nitrogens with one attached hydrogen (secondary N) is 2. The van der Waals surface area contributed by atoms with E-state index in [0.717, 1.165) is 0 Å². The van der Waals surface area contributed by atoms with Gasteiger partial charge >= 0.3 is 23.7 Å². The second kappa shape index (κ2) is 12.7. The molecule has 0 aliphatic carbocycles. The Morgan fingerprint density at radius 2 is 1.05 bits per heavy atom. The third-order valence-corrected chi connectivity index (χ3v) is 14.2. The second-order valence-electron chi connectivity index (χ2n) is 7.66. The summed E-state index contributed by atoms with van der Waals surface area (Å²) in [6.07, 6.45) is 0. The molecule has 0 aromatic heterocycles. The number of hydrogen-bond acceptors (Lipinski definition) is 12. The minimum atomic E-state index is -3.48. The van der Waals surface area contributed by atoms with Crippen LogP contribution in [0.4, 0.5) is 0 Å². The summed E-state index contributed by atoms with van der Waals surface area (Å²) >= 11 is 0. The molecule has 0 saturated carbocycles. The minimum absolute atomic E-state index is 0.381. The lowest BCUT2D eigenvalue weighted by atomic mass is 10.3. The summed E-state index contributed by atoms with van der Waals surface area (Å²) in [5.41, 5.74) is 0. The predicted molar refractivity (Wildman–Crippen MR) is 151 cm³/mol. The first-order valence-electron chi connectivity index (χ1n) is 11.5. The lowest BCUT2D eigenvalue weighted by Crippen LogP contribution is -2.37. The van der Waals surface area contributed by atoms with Crippen LogP contribution in [0.1, 0.15) is 0 Å². The molecule has 12 nitrogen and oxygen atoms in total. The Hall–Kier alpha value is -2.65. The van der Waals surface area contributed by atoms with Gasteiger partial charge in [0.05, 0.1) is 40.4 Å². The number of methoxy groups -OCH3 is 3. The zero-order valence-corrected chi connectivity index (χ0v) is 25.1. The van der Waals surface area contributed by atoms with E-state index in [4.69, 9.17) is 45.9 Å². The van der Waals surface area contributed by atoms with Gasteiger partial charge in [-0.15, -0.1) is 0 Å². The van der Waals surface area contributed by atoms with Crippen molar-refractivity contribution in [1.82, 2.24) is 9.72 Å². The molecule has 1 heterocycles. The van der Waals surface area contributed by atoms with E-state index < -0.39 is 23.7 Å². The summed E-state index contributed by atoms with van der Waals surface area (Å²) < 4.78 is 58.7. The lowest BCUT2D eigenvalue weighted by molar-refractivity contribution is 0.310. The fourth-order valence-corrected chi connectivity index (χ4v) is 13.3. The van der Waals surface area contributed by atoms with E-state index in [0.29, 0.717) is 34.5 Å². The van der Waals surface area contributed by atoms with Gasteiger partial charge in [0.15, 0.2) is 23.0 Å². The Kier molecular flexibility index (Phi) is 9.54. The van der Waals surface area contributed by atoms with Crippen molar-refractivity contribution in [1.29, 1.82) is 0 Å².